The van der Waals surface area contributed by atoms with Crippen LogP contribution in [0, 0.1) is 18.3 Å². The molecule has 4 nitrogen and oxygen atoms in total. The molecule has 0 saturated heterocycles. The van der Waals surface area contributed by atoms with Crippen LogP contribution in [0.15, 0.2) is 64.6 Å². The molecule has 0 aliphatic heterocycles. The molecule has 0 bridgehead atoms. The van der Waals surface area contributed by atoms with Gasteiger partial charge < -0.3 is 10.1 Å². The number of ether oxygens (including phenoxy) is 1. The number of hydrogen-bond acceptors (Lipinski definition) is 3. The molecule has 0 aliphatic rings. The van der Waals surface area contributed by atoms with Crippen LogP contribution in [0.1, 0.15) is 16.7 Å². The third kappa shape index (κ3) is 6.27. The third-order valence-corrected chi connectivity index (χ3v) is 6.07. The highest BCUT2D eigenvalue weighted by molar-refractivity contribution is 9.10. The van der Waals surface area contributed by atoms with Gasteiger partial charge >= 0.3 is 0 Å². The van der Waals surface area contributed by atoms with Gasteiger partial charge in [0, 0.05) is 26.3 Å². The van der Waals surface area contributed by atoms with E-state index in [1.165, 1.54) is 6.08 Å². The van der Waals surface area contributed by atoms with E-state index >= 15 is 0 Å². The lowest BCUT2D eigenvalue weighted by Crippen LogP contribution is -2.13. The van der Waals surface area contributed by atoms with E-state index in [0.717, 1.165) is 11.1 Å². The van der Waals surface area contributed by atoms with E-state index < -0.39 is 5.91 Å². The van der Waals surface area contributed by atoms with Crippen molar-refractivity contribution in [3.63, 3.8) is 0 Å². The van der Waals surface area contributed by atoms with Crippen LogP contribution in [0.3, 0.4) is 0 Å². The van der Waals surface area contributed by atoms with Crippen LogP contribution in [-0.4, -0.2) is 5.91 Å². The molecule has 1 amide bonds. The molecule has 0 spiro atoms. The second-order valence-corrected chi connectivity index (χ2v) is 8.91. The summed E-state index contributed by atoms with van der Waals surface area (Å²) in [5, 5.41) is 13.7. The summed E-state index contributed by atoms with van der Waals surface area (Å²) in [6.07, 6.45) is 1.50. The van der Waals surface area contributed by atoms with Crippen molar-refractivity contribution >= 4 is 68.4 Å². The van der Waals surface area contributed by atoms with Crippen molar-refractivity contribution in [2.45, 2.75) is 13.5 Å². The van der Waals surface area contributed by atoms with Crippen molar-refractivity contribution in [1.29, 1.82) is 5.26 Å². The molecule has 1 N–H and O–H groups in total. The second kappa shape index (κ2) is 10.9. The first kappa shape index (κ1) is 24.2. The van der Waals surface area contributed by atoms with E-state index in [-0.39, 0.29) is 12.2 Å². The highest BCUT2D eigenvalue weighted by Gasteiger charge is 2.12. The van der Waals surface area contributed by atoms with Crippen molar-refractivity contribution in [2.75, 3.05) is 5.32 Å². The smallest absolute Gasteiger partial charge is 0.266 e. The lowest BCUT2D eigenvalue weighted by atomic mass is 10.1. The van der Waals surface area contributed by atoms with Crippen molar-refractivity contribution in [3.05, 3.63) is 96.4 Å². The molecular weight excluding hydrogens is 535 g/mol. The van der Waals surface area contributed by atoms with Crippen LogP contribution < -0.4 is 10.1 Å². The maximum atomic E-state index is 12.5. The molecule has 0 radical (unpaired) electrons. The number of halogens is 4. The number of anilines is 1. The summed E-state index contributed by atoms with van der Waals surface area (Å²) < 4.78 is 6.49. The molecule has 0 saturated carbocycles. The normalized spacial score (nSPS) is 11.1. The van der Waals surface area contributed by atoms with Crippen LogP contribution in [0.2, 0.25) is 15.1 Å². The minimum atomic E-state index is -0.527. The van der Waals surface area contributed by atoms with Gasteiger partial charge in [-0.05, 0) is 76.5 Å². The van der Waals surface area contributed by atoms with E-state index in [1.54, 1.807) is 54.6 Å². The number of benzene rings is 3. The maximum absolute atomic E-state index is 12.5. The second-order valence-electron chi connectivity index (χ2n) is 6.80. The lowest BCUT2D eigenvalue weighted by Gasteiger charge is -2.10. The average Bonchev–Trinajstić information content (AvgIpc) is 2.75. The molecule has 0 unspecified atom stereocenters. The molecule has 3 rings (SSSR count). The largest absolute Gasteiger partial charge is 0.488 e. The zero-order valence-corrected chi connectivity index (χ0v) is 20.6. The van der Waals surface area contributed by atoms with E-state index in [2.05, 4.69) is 21.2 Å². The van der Waals surface area contributed by atoms with E-state index in [4.69, 9.17) is 39.5 Å². The fourth-order valence-electron chi connectivity index (χ4n) is 2.70. The number of nitrogens with one attached hydrogen (secondary N) is 1. The molecule has 0 aliphatic carbocycles. The van der Waals surface area contributed by atoms with Gasteiger partial charge in [0.15, 0.2) is 0 Å². The SMILES string of the molecule is Cc1ccc(NC(=O)/C(C#N)=C\c2ccc(OCc3ccc(Cl)cc3Cl)c(Br)c2)cc1Cl. The van der Waals surface area contributed by atoms with Crippen LogP contribution in [0.5, 0.6) is 5.75 Å². The fraction of sp³-hybridized carbons (Fsp3) is 0.0833. The molecule has 0 fully saturated rings. The number of nitriles is 1. The number of rotatable bonds is 6. The number of carbonyl (C=O) groups excluding carboxylic acids is 1. The van der Waals surface area contributed by atoms with E-state index in [0.29, 0.717) is 36.5 Å². The summed E-state index contributed by atoms with van der Waals surface area (Å²) >= 11 is 21.6. The monoisotopic (exact) mass is 548 g/mol. The standard InChI is InChI=1S/C24H16BrCl3N2O2/c1-14-2-6-19(11-21(14)27)30-24(31)17(12-29)8-15-3-7-23(20(25)9-15)32-13-16-4-5-18(26)10-22(16)28/h2-11H,13H2,1H3,(H,30,31)/b17-8-. The summed E-state index contributed by atoms with van der Waals surface area (Å²) in [6, 6.07) is 17.5. The Hall–Kier alpha value is -2.49. The number of hydrogen-bond donors (Lipinski definition) is 1. The Bertz CT molecular complexity index is 1250. The average molecular weight is 551 g/mol. The van der Waals surface area contributed by atoms with Crippen LogP contribution in [0.25, 0.3) is 6.08 Å². The van der Waals surface area contributed by atoms with Gasteiger partial charge in [-0.25, -0.2) is 0 Å². The zero-order valence-electron chi connectivity index (χ0n) is 16.8. The summed E-state index contributed by atoms with van der Waals surface area (Å²) in [7, 11) is 0. The number of amides is 1. The van der Waals surface area contributed by atoms with Gasteiger partial charge in [-0.3, -0.25) is 4.79 Å². The first-order chi connectivity index (χ1) is 15.3. The molecule has 8 heteroatoms. The predicted octanol–water partition coefficient (Wildman–Crippen LogP) is 7.84. The van der Waals surface area contributed by atoms with Gasteiger partial charge in [-0.2, -0.15) is 5.26 Å². The molecule has 162 valence electrons. The zero-order chi connectivity index (χ0) is 23.3. The first-order valence-corrected chi connectivity index (χ1v) is 11.2. The highest BCUT2D eigenvalue weighted by atomic mass is 79.9. The quantitative estimate of drug-likeness (QED) is 0.251. The van der Waals surface area contributed by atoms with Crippen molar-refractivity contribution in [1.82, 2.24) is 0 Å². The van der Waals surface area contributed by atoms with Crippen molar-refractivity contribution in [2.24, 2.45) is 0 Å². The summed E-state index contributed by atoms with van der Waals surface area (Å²) in [5.74, 6) is 0.0617. The van der Waals surface area contributed by atoms with Gasteiger partial charge in [-0.1, -0.05) is 53.0 Å². The van der Waals surface area contributed by atoms with E-state index in [9.17, 15) is 10.1 Å². The third-order valence-electron chi connectivity index (χ3n) is 4.46. The number of carbonyl (C=O) groups is 1. The molecule has 0 aromatic heterocycles. The van der Waals surface area contributed by atoms with Crippen LogP contribution >= 0.6 is 50.7 Å². The van der Waals surface area contributed by atoms with Gasteiger partial charge in [0.25, 0.3) is 5.91 Å². The van der Waals surface area contributed by atoms with Gasteiger partial charge in [0.2, 0.25) is 0 Å². The van der Waals surface area contributed by atoms with E-state index in [1.807, 2.05) is 13.0 Å². The van der Waals surface area contributed by atoms with Crippen molar-refractivity contribution < 1.29 is 9.53 Å². The van der Waals surface area contributed by atoms with Gasteiger partial charge in [0.1, 0.15) is 24.0 Å². The topological polar surface area (TPSA) is 62.1 Å². The highest BCUT2D eigenvalue weighted by Crippen LogP contribution is 2.29. The van der Waals surface area contributed by atoms with Crippen LogP contribution in [-0.2, 0) is 11.4 Å². The van der Waals surface area contributed by atoms with Crippen molar-refractivity contribution in [3.8, 4) is 11.8 Å². The van der Waals surface area contributed by atoms with Crippen LogP contribution in [0.4, 0.5) is 5.69 Å². The summed E-state index contributed by atoms with van der Waals surface area (Å²) in [6.45, 7) is 2.12. The maximum Gasteiger partial charge on any atom is 0.266 e. The predicted molar refractivity (Wildman–Crippen MR) is 133 cm³/mol. The Morgan fingerprint density at radius 3 is 2.53 bits per heavy atom. The Balaban J connectivity index is 1.72. The minimum Gasteiger partial charge on any atom is -0.488 e. The number of nitrogens with zero attached hydrogens (tertiary/aromatic N) is 1. The Morgan fingerprint density at radius 2 is 1.88 bits per heavy atom. The first-order valence-electron chi connectivity index (χ1n) is 9.32. The fourth-order valence-corrected chi connectivity index (χ4v) is 3.86. The minimum absolute atomic E-state index is 0.0461. The lowest BCUT2D eigenvalue weighted by molar-refractivity contribution is -0.112. The summed E-state index contributed by atoms with van der Waals surface area (Å²) in [5.41, 5.74) is 2.81. The molecule has 3 aromatic carbocycles. The molecule has 0 heterocycles. The molecular formula is C24H16BrCl3N2O2. The molecule has 3 aromatic rings. The molecule has 32 heavy (non-hydrogen) atoms. The number of aryl methyl sites for hydroxylation is 1. The Labute approximate surface area is 209 Å². The van der Waals surface area contributed by atoms with Gasteiger partial charge in [0.05, 0.1) is 4.47 Å². The summed E-state index contributed by atoms with van der Waals surface area (Å²) in [4.78, 5) is 12.5. The Morgan fingerprint density at radius 1 is 1.09 bits per heavy atom. The molecule has 0 atom stereocenters. The van der Waals surface area contributed by atoms with Gasteiger partial charge in [-0.15, -0.1) is 0 Å². The Kier molecular flexibility index (Phi) is 8.22.